The topological polar surface area (TPSA) is 37.8 Å². The molecule has 0 saturated heterocycles. The van der Waals surface area contributed by atoms with E-state index in [9.17, 15) is 4.39 Å². The van der Waals surface area contributed by atoms with Gasteiger partial charge >= 0.3 is 0 Å². The maximum atomic E-state index is 13.4. The van der Waals surface area contributed by atoms with E-state index in [1.165, 1.54) is 12.1 Å². The number of hydrogen-bond acceptors (Lipinski definition) is 3. The predicted octanol–water partition coefficient (Wildman–Crippen LogP) is 4.63. The Morgan fingerprint density at radius 1 is 1.26 bits per heavy atom. The van der Waals surface area contributed by atoms with E-state index < -0.39 is 0 Å². The summed E-state index contributed by atoms with van der Waals surface area (Å²) >= 11 is 6.66. The van der Waals surface area contributed by atoms with Gasteiger partial charge in [0.15, 0.2) is 5.82 Å². The lowest BCUT2D eigenvalue weighted by Gasteiger charge is -2.08. The highest BCUT2D eigenvalue weighted by Crippen LogP contribution is 2.26. The number of aromatic nitrogens is 2. The van der Waals surface area contributed by atoms with E-state index in [0.717, 1.165) is 17.4 Å². The first-order valence-electron chi connectivity index (χ1n) is 5.83. The first-order chi connectivity index (χ1) is 9.10. The summed E-state index contributed by atoms with van der Waals surface area (Å²) in [6.07, 6.45) is 2.66. The van der Waals surface area contributed by atoms with E-state index in [0.29, 0.717) is 21.7 Å². The Morgan fingerprint density at radius 2 is 2.05 bits per heavy atom. The molecule has 1 N–H and O–H groups in total. The molecule has 0 fully saturated rings. The molecule has 0 aliphatic rings. The summed E-state index contributed by atoms with van der Waals surface area (Å²) in [5.41, 5.74) is 0.638. The van der Waals surface area contributed by atoms with Crippen molar-refractivity contribution in [2.75, 3.05) is 11.9 Å². The Hall–Kier alpha value is -1.01. The molecular formula is C13H12Br2FN3. The van der Waals surface area contributed by atoms with Gasteiger partial charge in [-0.2, -0.15) is 0 Å². The Kier molecular flexibility index (Phi) is 4.87. The minimum atomic E-state index is -0.320. The van der Waals surface area contributed by atoms with E-state index in [4.69, 9.17) is 0 Å². The second-order valence-corrected chi connectivity index (χ2v) is 5.75. The van der Waals surface area contributed by atoms with Crippen LogP contribution in [-0.4, -0.2) is 16.5 Å². The molecule has 3 nitrogen and oxygen atoms in total. The van der Waals surface area contributed by atoms with E-state index >= 15 is 0 Å². The van der Waals surface area contributed by atoms with Crippen LogP contribution in [0.1, 0.15) is 13.3 Å². The molecule has 1 aromatic heterocycles. The van der Waals surface area contributed by atoms with Crippen molar-refractivity contribution in [2.45, 2.75) is 13.3 Å². The van der Waals surface area contributed by atoms with Gasteiger partial charge in [-0.05, 0) is 40.5 Å². The van der Waals surface area contributed by atoms with Crippen molar-refractivity contribution in [1.82, 2.24) is 9.97 Å². The van der Waals surface area contributed by atoms with Gasteiger partial charge in [0.25, 0.3) is 0 Å². The molecule has 6 heteroatoms. The number of hydrogen-bond donors (Lipinski definition) is 1. The molecule has 0 unspecified atom stereocenters. The summed E-state index contributed by atoms with van der Waals surface area (Å²) in [4.78, 5) is 8.62. The SMILES string of the molecule is CCCNc1nc(-c2cc(F)cc(Br)c2)ncc1Br. The van der Waals surface area contributed by atoms with Crippen molar-refractivity contribution in [3.8, 4) is 11.4 Å². The van der Waals surface area contributed by atoms with Crippen LogP contribution >= 0.6 is 31.9 Å². The molecule has 1 heterocycles. The zero-order chi connectivity index (χ0) is 13.8. The van der Waals surface area contributed by atoms with Gasteiger partial charge in [0.05, 0.1) is 4.47 Å². The highest BCUT2D eigenvalue weighted by Gasteiger charge is 2.08. The molecule has 0 spiro atoms. The molecule has 0 aliphatic carbocycles. The summed E-state index contributed by atoms with van der Waals surface area (Å²) < 4.78 is 14.8. The van der Waals surface area contributed by atoms with Crippen LogP contribution in [0.2, 0.25) is 0 Å². The maximum absolute atomic E-state index is 13.4. The standard InChI is InChI=1S/C13H12Br2FN3/c1-2-3-17-13-11(15)7-18-12(19-13)8-4-9(14)6-10(16)5-8/h4-7H,2-3H2,1H3,(H,17,18,19). The average molecular weight is 389 g/mol. The normalized spacial score (nSPS) is 10.5. The van der Waals surface area contributed by atoms with Gasteiger partial charge in [-0.25, -0.2) is 14.4 Å². The molecule has 19 heavy (non-hydrogen) atoms. The van der Waals surface area contributed by atoms with Crippen LogP contribution in [0.3, 0.4) is 0 Å². The molecule has 0 radical (unpaired) electrons. The monoisotopic (exact) mass is 387 g/mol. The Morgan fingerprint density at radius 3 is 2.74 bits per heavy atom. The molecule has 0 atom stereocenters. The van der Waals surface area contributed by atoms with Crippen LogP contribution in [0.15, 0.2) is 33.3 Å². The first kappa shape index (κ1) is 14.4. The molecule has 0 amide bonds. The summed E-state index contributed by atoms with van der Waals surface area (Å²) in [7, 11) is 0. The number of nitrogens with zero attached hydrogens (tertiary/aromatic N) is 2. The maximum Gasteiger partial charge on any atom is 0.161 e. The minimum absolute atomic E-state index is 0.320. The molecule has 100 valence electrons. The van der Waals surface area contributed by atoms with Gasteiger partial charge in [0, 0.05) is 22.8 Å². The summed E-state index contributed by atoms with van der Waals surface area (Å²) in [5, 5.41) is 3.20. The van der Waals surface area contributed by atoms with Crippen LogP contribution in [0, 0.1) is 5.82 Å². The average Bonchev–Trinajstić information content (AvgIpc) is 2.36. The lowest BCUT2D eigenvalue weighted by molar-refractivity contribution is 0.627. The Bertz CT molecular complexity index is 570. The second-order valence-electron chi connectivity index (χ2n) is 3.98. The predicted molar refractivity (Wildman–Crippen MR) is 81.6 cm³/mol. The van der Waals surface area contributed by atoms with Gasteiger partial charge < -0.3 is 5.32 Å². The van der Waals surface area contributed by atoms with Crippen molar-refractivity contribution < 1.29 is 4.39 Å². The fourth-order valence-corrected chi connectivity index (χ4v) is 2.35. The number of benzene rings is 1. The third-order valence-electron chi connectivity index (χ3n) is 2.41. The van der Waals surface area contributed by atoms with Crippen LogP contribution < -0.4 is 5.32 Å². The number of nitrogens with one attached hydrogen (secondary N) is 1. The molecule has 0 aliphatic heterocycles. The van der Waals surface area contributed by atoms with E-state index in [1.54, 1.807) is 12.3 Å². The lowest BCUT2D eigenvalue weighted by Crippen LogP contribution is -2.04. The molecule has 1 aromatic carbocycles. The van der Waals surface area contributed by atoms with Gasteiger partial charge in [-0.3, -0.25) is 0 Å². The van der Waals surface area contributed by atoms with E-state index in [2.05, 4.69) is 54.1 Å². The van der Waals surface area contributed by atoms with Crippen molar-refractivity contribution in [1.29, 1.82) is 0 Å². The Labute approximate surface area is 127 Å². The highest BCUT2D eigenvalue weighted by molar-refractivity contribution is 9.10. The van der Waals surface area contributed by atoms with Gasteiger partial charge in [0.1, 0.15) is 11.6 Å². The second kappa shape index (κ2) is 6.43. The number of halogens is 3. The molecule has 0 saturated carbocycles. The largest absolute Gasteiger partial charge is 0.369 e. The number of anilines is 1. The van der Waals surface area contributed by atoms with Crippen molar-refractivity contribution in [2.24, 2.45) is 0 Å². The molecule has 2 rings (SSSR count). The third kappa shape index (κ3) is 3.73. The van der Waals surface area contributed by atoms with Crippen molar-refractivity contribution in [3.63, 3.8) is 0 Å². The van der Waals surface area contributed by atoms with E-state index in [1.807, 2.05) is 0 Å². The molecule has 0 bridgehead atoms. The fourth-order valence-electron chi connectivity index (χ4n) is 1.56. The highest BCUT2D eigenvalue weighted by atomic mass is 79.9. The zero-order valence-corrected chi connectivity index (χ0v) is 13.4. The van der Waals surface area contributed by atoms with Gasteiger partial charge in [-0.15, -0.1) is 0 Å². The molecule has 2 aromatic rings. The quantitative estimate of drug-likeness (QED) is 0.829. The van der Waals surface area contributed by atoms with Crippen molar-refractivity contribution in [3.05, 3.63) is 39.2 Å². The van der Waals surface area contributed by atoms with Crippen LogP contribution in [0.4, 0.5) is 10.2 Å². The summed E-state index contributed by atoms with van der Waals surface area (Å²) in [6, 6.07) is 4.60. The van der Waals surface area contributed by atoms with Crippen molar-refractivity contribution >= 4 is 37.7 Å². The zero-order valence-electron chi connectivity index (χ0n) is 10.3. The van der Waals surface area contributed by atoms with E-state index in [-0.39, 0.29) is 5.82 Å². The third-order valence-corrected chi connectivity index (χ3v) is 3.45. The van der Waals surface area contributed by atoms with Crippen LogP contribution in [0.25, 0.3) is 11.4 Å². The van der Waals surface area contributed by atoms with Crippen LogP contribution in [-0.2, 0) is 0 Å². The summed E-state index contributed by atoms with van der Waals surface area (Å²) in [5.74, 6) is 0.883. The van der Waals surface area contributed by atoms with Crippen LogP contribution in [0.5, 0.6) is 0 Å². The Balaban J connectivity index is 2.39. The van der Waals surface area contributed by atoms with Gasteiger partial charge in [0.2, 0.25) is 0 Å². The summed E-state index contributed by atoms with van der Waals surface area (Å²) in [6.45, 7) is 2.90. The lowest BCUT2D eigenvalue weighted by atomic mass is 10.2. The first-order valence-corrected chi connectivity index (χ1v) is 7.41. The number of rotatable bonds is 4. The molecular weight excluding hydrogens is 377 g/mol. The smallest absolute Gasteiger partial charge is 0.161 e. The minimum Gasteiger partial charge on any atom is -0.369 e. The van der Waals surface area contributed by atoms with Gasteiger partial charge in [-0.1, -0.05) is 22.9 Å². The fraction of sp³-hybridized carbons (Fsp3) is 0.231.